The highest BCUT2D eigenvalue weighted by molar-refractivity contribution is 5.00. The molecule has 1 N–H and O–H groups in total. The van der Waals surface area contributed by atoms with Crippen LogP contribution in [0.25, 0.3) is 0 Å². The minimum Gasteiger partial charge on any atom is -0.380 e. The summed E-state index contributed by atoms with van der Waals surface area (Å²) in [6.45, 7) is 7.61. The normalized spacial score (nSPS) is 11.1. The van der Waals surface area contributed by atoms with Crippen LogP contribution in [-0.2, 0) is 11.3 Å². The highest BCUT2D eigenvalue weighted by Gasteiger charge is 2.00. The van der Waals surface area contributed by atoms with Gasteiger partial charge in [0.2, 0.25) is 0 Å². The maximum absolute atomic E-state index is 11.4. The van der Waals surface area contributed by atoms with Crippen LogP contribution in [0.4, 0.5) is 0 Å². The van der Waals surface area contributed by atoms with E-state index in [9.17, 15) is 9.59 Å². The molecule has 1 heterocycles. The molecule has 0 saturated carbocycles. The maximum atomic E-state index is 11.4. The fraction of sp³-hybridized carbons (Fsp3) is 0.667. The number of aromatic nitrogens is 2. The molecule has 1 aromatic rings. The van der Waals surface area contributed by atoms with Crippen LogP contribution in [0, 0.1) is 12.8 Å². The van der Waals surface area contributed by atoms with Crippen molar-refractivity contribution in [1.82, 2.24) is 9.55 Å². The Morgan fingerprint density at radius 1 is 1.35 bits per heavy atom. The van der Waals surface area contributed by atoms with Crippen LogP contribution >= 0.6 is 0 Å². The van der Waals surface area contributed by atoms with Gasteiger partial charge in [-0.25, -0.2) is 4.79 Å². The van der Waals surface area contributed by atoms with Crippen LogP contribution in [0.1, 0.15) is 25.8 Å². The first-order valence-electron chi connectivity index (χ1n) is 5.89. The fourth-order valence-corrected chi connectivity index (χ4v) is 1.37. The average Bonchev–Trinajstić information content (AvgIpc) is 2.24. The van der Waals surface area contributed by atoms with Crippen molar-refractivity contribution in [1.29, 1.82) is 0 Å². The highest BCUT2D eigenvalue weighted by Crippen LogP contribution is 1.98. The second-order valence-electron chi connectivity index (χ2n) is 4.56. The van der Waals surface area contributed by atoms with E-state index in [1.807, 2.05) is 0 Å². The van der Waals surface area contributed by atoms with Gasteiger partial charge in [-0.05, 0) is 19.3 Å². The Hall–Kier alpha value is -1.36. The van der Waals surface area contributed by atoms with Crippen molar-refractivity contribution in [2.75, 3.05) is 13.2 Å². The molecule has 0 atom stereocenters. The molecule has 17 heavy (non-hydrogen) atoms. The molecule has 0 saturated heterocycles. The molecule has 0 amide bonds. The number of hydrogen-bond acceptors (Lipinski definition) is 3. The molecule has 0 aliphatic carbocycles. The Kier molecular flexibility index (Phi) is 5.15. The molecule has 0 spiro atoms. The fourth-order valence-electron chi connectivity index (χ4n) is 1.37. The Bertz CT molecular complexity index is 460. The van der Waals surface area contributed by atoms with Crippen LogP contribution in [0.5, 0.6) is 0 Å². The summed E-state index contributed by atoms with van der Waals surface area (Å²) in [5.74, 6) is 0.619. The maximum Gasteiger partial charge on any atom is 0.328 e. The van der Waals surface area contributed by atoms with E-state index in [-0.39, 0.29) is 11.2 Å². The van der Waals surface area contributed by atoms with Gasteiger partial charge in [0.05, 0.1) is 13.2 Å². The van der Waals surface area contributed by atoms with Gasteiger partial charge in [-0.3, -0.25) is 14.3 Å². The third-order valence-electron chi connectivity index (χ3n) is 2.51. The first-order chi connectivity index (χ1) is 8.00. The van der Waals surface area contributed by atoms with E-state index in [2.05, 4.69) is 18.8 Å². The summed E-state index contributed by atoms with van der Waals surface area (Å²) in [6, 6.07) is 0. The molecule has 1 aromatic heterocycles. The minimum atomic E-state index is -0.381. The van der Waals surface area contributed by atoms with Crippen molar-refractivity contribution >= 4 is 0 Å². The van der Waals surface area contributed by atoms with Crippen LogP contribution in [0.15, 0.2) is 15.8 Å². The third kappa shape index (κ3) is 4.56. The summed E-state index contributed by atoms with van der Waals surface area (Å²) in [4.78, 5) is 24.8. The summed E-state index contributed by atoms with van der Waals surface area (Å²) in [6.07, 6.45) is 2.58. The summed E-state index contributed by atoms with van der Waals surface area (Å²) in [5.41, 5.74) is -0.174. The molecule has 1 rings (SSSR count). The number of rotatable bonds is 6. The molecule has 0 radical (unpaired) electrons. The quantitative estimate of drug-likeness (QED) is 0.752. The van der Waals surface area contributed by atoms with E-state index >= 15 is 0 Å². The van der Waals surface area contributed by atoms with Crippen LogP contribution in [0.3, 0.4) is 0 Å². The van der Waals surface area contributed by atoms with Crippen molar-refractivity contribution in [3.05, 3.63) is 32.6 Å². The standard InChI is InChI=1S/C12H20N2O3/c1-9(2)4-6-17-7-5-14-8-10(3)11(15)13-12(14)16/h8-9H,4-7H2,1-3H3,(H,13,15,16). The zero-order valence-electron chi connectivity index (χ0n) is 10.7. The predicted molar refractivity (Wildman–Crippen MR) is 66.3 cm³/mol. The summed E-state index contributed by atoms with van der Waals surface area (Å²) in [7, 11) is 0. The lowest BCUT2D eigenvalue weighted by Crippen LogP contribution is -2.31. The first-order valence-corrected chi connectivity index (χ1v) is 5.89. The second kappa shape index (κ2) is 6.39. The van der Waals surface area contributed by atoms with E-state index in [1.54, 1.807) is 13.1 Å². The number of H-pyrrole nitrogens is 1. The van der Waals surface area contributed by atoms with Gasteiger partial charge in [0.15, 0.2) is 0 Å². The van der Waals surface area contributed by atoms with Crippen molar-refractivity contribution in [2.24, 2.45) is 5.92 Å². The van der Waals surface area contributed by atoms with Gasteiger partial charge in [-0.2, -0.15) is 0 Å². The lowest BCUT2D eigenvalue weighted by atomic mass is 10.1. The Labute approximate surface area is 100 Å². The second-order valence-corrected chi connectivity index (χ2v) is 4.56. The first kappa shape index (κ1) is 13.7. The van der Waals surface area contributed by atoms with Crippen LogP contribution in [-0.4, -0.2) is 22.8 Å². The van der Waals surface area contributed by atoms with Crippen LogP contribution < -0.4 is 11.2 Å². The van der Waals surface area contributed by atoms with Gasteiger partial charge in [-0.15, -0.1) is 0 Å². The Morgan fingerprint density at radius 2 is 2.06 bits per heavy atom. The number of hydrogen-bond donors (Lipinski definition) is 1. The SMILES string of the molecule is Cc1cn(CCOCCC(C)C)c(=O)[nH]c1=O. The van der Waals surface area contributed by atoms with E-state index in [0.29, 0.717) is 31.2 Å². The van der Waals surface area contributed by atoms with E-state index < -0.39 is 0 Å². The zero-order valence-corrected chi connectivity index (χ0v) is 10.7. The molecular formula is C12H20N2O3. The van der Waals surface area contributed by atoms with E-state index in [1.165, 1.54) is 4.57 Å². The zero-order chi connectivity index (χ0) is 12.8. The van der Waals surface area contributed by atoms with Gasteiger partial charge in [0.1, 0.15) is 0 Å². The molecule has 0 unspecified atom stereocenters. The van der Waals surface area contributed by atoms with Gasteiger partial charge >= 0.3 is 5.69 Å². The molecule has 0 aliphatic rings. The van der Waals surface area contributed by atoms with Gasteiger partial charge in [-0.1, -0.05) is 13.8 Å². The molecule has 96 valence electrons. The van der Waals surface area contributed by atoms with E-state index in [0.717, 1.165) is 6.42 Å². The Morgan fingerprint density at radius 3 is 2.71 bits per heavy atom. The monoisotopic (exact) mass is 240 g/mol. The highest BCUT2D eigenvalue weighted by atomic mass is 16.5. The van der Waals surface area contributed by atoms with Crippen molar-refractivity contribution < 1.29 is 4.74 Å². The molecule has 0 bridgehead atoms. The van der Waals surface area contributed by atoms with E-state index in [4.69, 9.17) is 4.74 Å². The Balaban J connectivity index is 2.45. The lowest BCUT2D eigenvalue weighted by Gasteiger charge is -2.08. The molecule has 0 aromatic carbocycles. The molecule has 0 fully saturated rings. The lowest BCUT2D eigenvalue weighted by molar-refractivity contribution is 0.115. The number of aromatic amines is 1. The summed E-state index contributed by atoms with van der Waals surface area (Å²) >= 11 is 0. The number of nitrogens with zero attached hydrogens (tertiary/aromatic N) is 1. The molecule has 5 heteroatoms. The van der Waals surface area contributed by atoms with Gasteiger partial charge in [0.25, 0.3) is 5.56 Å². The molecular weight excluding hydrogens is 220 g/mol. The largest absolute Gasteiger partial charge is 0.380 e. The predicted octanol–water partition coefficient (Wildman–Crippen LogP) is 0.908. The molecule has 5 nitrogen and oxygen atoms in total. The molecule has 0 aliphatic heterocycles. The number of aryl methyl sites for hydroxylation is 1. The average molecular weight is 240 g/mol. The topological polar surface area (TPSA) is 64.1 Å². The van der Waals surface area contributed by atoms with Gasteiger partial charge in [0, 0.05) is 18.4 Å². The van der Waals surface area contributed by atoms with Crippen molar-refractivity contribution in [2.45, 2.75) is 33.7 Å². The summed E-state index contributed by atoms with van der Waals surface area (Å²) in [5, 5.41) is 0. The number of nitrogens with one attached hydrogen (secondary N) is 1. The minimum absolute atomic E-state index is 0.327. The third-order valence-corrected chi connectivity index (χ3v) is 2.51. The van der Waals surface area contributed by atoms with Crippen LogP contribution in [0.2, 0.25) is 0 Å². The van der Waals surface area contributed by atoms with Gasteiger partial charge < -0.3 is 4.74 Å². The van der Waals surface area contributed by atoms with Crippen molar-refractivity contribution in [3.8, 4) is 0 Å². The number of ether oxygens (including phenoxy) is 1. The smallest absolute Gasteiger partial charge is 0.328 e. The van der Waals surface area contributed by atoms with Crippen molar-refractivity contribution in [3.63, 3.8) is 0 Å². The summed E-state index contributed by atoms with van der Waals surface area (Å²) < 4.78 is 6.89.